The predicted molar refractivity (Wildman–Crippen MR) is 119 cm³/mol. The quantitative estimate of drug-likeness (QED) is 0.488. The van der Waals surface area contributed by atoms with Gasteiger partial charge in [-0.1, -0.05) is 53.6 Å². The normalized spacial score (nSPS) is 16.6. The van der Waals surface area contributed by atoms with E-state index < -0.39 is 6.03 Å². The Balaban J connectivity index is 1.56. The number of carbonyl (C=O) groups excluding carboxylic acids is 1. The average molecular weight is 405 g/mol. The molecule has 3 aromatic carbocycles. The van der Waals surface area contributed by atoms with Crippen molar-refractivity contribution in [3.8, 4) is 0 Å². The Morgan fingerprint density at radius 3 is 2.59 bits per heavy atom. The van der Waals surface area contributed by atoms with Crippen LogP contribution in [0.3, 0.4) is 0 Å². The molecular formula is C23H21ClN4O. The molecule has 4 rings (SSSR count). The summed E-state index contributed by atoms with van der Waals surface area (Å²) in [6, 6.07) is 23.1. The first kappa shape index (κ1) is 19.0. The average Bonchev–Trinajstić information content (AvgIpc) is 2.74. The fraction of sp³-hybridized carbons (Fsp3) is 0.130. The van der Waals surface area contributed by atoms with Crippen molar-refractivity contribution in [3.05, 3.63) is 94.5 Å². The predicted octanol–water partition coefficient (Wildman–Crippen LogP) is 5.73. The molecule has 146 valence electrons. The van der Waals surface area contributed by atoms with E-state index in [1.165, 1.54) is 5.56 Å². The van der Waals surface area contributed by atoms with E-state index in [2.05, 4.69) is 51.5 Å². The van der Waals surface area contributed by atoms with Crippen LogP contribution in [0.5, 0.6) is 0 Å². The Morgan fingerprint density at radius 2 is 1.83 bits per heavy atom. The second kappa shape index (κ2) is 8.37. The van der Waals surface area contributed by atoms with E-state index in [0.717, 1.165) is 22.5 Å². The summed E-state index contributed by atoms with van der Waals surface area (Å²) in [4.78, 5) is 12.3. The van der Waals surface area contributed by atoms with Gasteiger partial charge < -0.3 is 10.6 Å². The summed E-state index contributed by atoms with van der Waals surface area (Å²) >= 11 is 5.88. The number of urea groups is 1. The Morgan fingerprint density at radius 1 is 1.07 bits per heavy atom. The molecule has 2 amide bonds. The third-order valence-corrected chi connectivity index (χ3v) is 5.06. The van der Waals surface area contributed by atoms with Crippen LogP contribution in [0.4, 0.5) is 16.2 Å². The first-order valence-electron chi connectivity index (χ1n) is 9.40. The molecule has 0 radical (unpaired) electrons. The molecule has 1 aliphatic heterocycles. The van der Waals surface area contributed by atoms with E-state index in [-0.39, 0.29) is 6.04 Å². The first-order chi connectivity index (χ1) is 14.1. The highest BCUT2D eigenvalue weighted by Gasteiger charge is 2.24. The Hall–Kier alpha value is -3.31. The van der Waals surface area contributed by atoms with Crippen LogP contribution < -0.4 is 16.1 Å². The maximum atomic E-state index is 12.3. The van der Waals surface area contributed by atoms with E-state index in [0.29, 0.717) is 17.1 Å². The number of aryl methyl sites for hydroxylation is 1. The van der Waals surface area contributed by atoms with Crippen molar-refractivity contribution in [1.29, 1.82) is 0 Å². The number of carbonyl (C=O) groups is 1. The van der Waals surface area contributed by atoms with E-state index in [1.807, 2.05) is 25.1 Å². The third-order valence-electron chi connectivity index (χ3n) is 4.81. The van der Waals surface area contributed by atoms with Crippen molar-refractivity contribution in [3.63, 3.8) is 0 Å². The molecule has 3 N–H and O–H groups in total. The SMILES string of the molecule is Cc1ccc2c(c1)C(=NNC(=O)Nc1ccc(Cl)cc1)CC(c1ccccc1)N2. The number of hydrazone groups is 1. The van der Waals surface area contributed by atoms with Crippen LogP contribution >= 0.6 is 11.6 Å². The molecule has 0 aliphatic carbocycles. The van der Waals surface area contributed by atoms with Crippen LogP contribution in [0.1, 0.15) is 29.2 Å². The number of rotatable bonds is 3. The van der Waals surface area contributed by atoms with Crippen molar-refractivity contribution >= 4 is 34.7 Å². The van der Waals surface area contributed by atoms with Crippen LogP contribution in [0.2, 0.25) is 5.02 Å². The lowest BCUT2D eigenvalue weighted by molar-refractivity contribution is 0.252. The molecule has 5 nitrogen and oxygen atoms in total. The molecule has 0 spiro atoms. The highest BCUT2D eigenvalue weighted by atomic mass is 35.5. The molecule has 3 aromatic rings. The molecule has 0 fully saturated rings. The van der Waals surface area contributed by atoms with Gasteiger partial charge in [0.25, 0.3) is 0 Å². The van der Waals surface area contributed by atoms with Gasteiger partial charge in [-0.15, -0.1) is 0 Å². The van der Waals surface area contributed by atoms with Crippen LogP contribution in [-0.2, 0) is 0 Å². The van der Waals surface area contributed by atoms with Crippen LogP contribution in [0.15, 0.2) is 77.9 Å². The maximum Gasteiger partial charge on any atom is 0.339 e. The highest BCUT2D eigenvalue weighted by Crippen LogP contribution is 2.33. The van der Waals surface area contributed by atoms with Gasteiger partial charge in [-0.2, -0.15) is 5.10 Å². The van der Waals surface area contributed by atoms with Crippen molar-refractivity contribution in [2.45, 2.75) is 19.4 Å². The zero-order chi connectivity index (χ0) is 20.2. The third kappa shape index (κ3) is 4.58. The number of anilines is 2. The van der Waals surface area contributed by atoms with Crippen molar-refractivity contribution in [1.82, 2.24) is 5.43 Å². The fourth-order valence-corrected chi connectivity index (χ4v) is 3.49. The van der Waals surface area contributed by atoms with Crippen LogP contribution in [0, 0.1) is 6.92 Å². The van der Waals surface area contributed by atoms with Gasteiger partial charge in [0.05, 0.1) is 11.8 Å². The second-order valence-electron chi connectivity index (χ2n) is 6.99. The van der Waals surface area contributed by atoms with E-state index in [1.54, 1.807) is 24.3 Å². The molecule has 1 atom stereocenters. The van der Waals surface area contributed by atoms with E-state index >= 15 is 0 Å². The van der Waals surface area contributed by atoms with Gasteiger partial charge >= 0.3 is 6.03 Å². The summed E-state index contributed by atoms with van der Waals surface area (Å²) < 4.78 is 0. The molecule has 6 heteroatoms. The Kier molecular flexibility index (Phi) is 5.49. The maximum absolute atomic E-state index is 12.3. The van der Waals surface area contributed by atoms with Gasteiger partial charge in [0, 0.05) is 28.4 Å². The van der Waals surface area contributed by atoms with Gasteiger partial charge in [0.2, 0.25) is 0 Å². The zero-order valence-electron chi connectivity index (χ0n) is 15.9. The minimum atomic E-state index is -0.399. The molecule has 0 bridgehead atoms. The number of nitrogens with zero attached hydrogens (tertiary/aromatic N) is 1. The van der Waals surface area contributed by atoms with Gasteiger partial charge in [0.1, 0.15) is 0 Å². The van der Waals surface area contributed by atoms with E-state index in [4.69, 9.17) is 11.6 Å². The summed E-state index contributed by atoms with van der Waals surface area (Å²) in [7, 11) is 0. The summed E-state index contributed by atoms with van der Waals surface area (Å²) in [5.41, 5.74) is 8.44. The lowest BCUT2D eigenvalue weighted by atomic mass is 9.91. The Bertz CT molecular complexity index is 1050. The van der Waals surface area contributed by atoms with Gasteiger partial charge in [-0.3, -0.25) is 0 Å². The lowest BCUT2D eigenvalue weighted by Crippen LogP contribution is -2.29. The number of halogens is 1. The second-order valence-corrected chi connectivity index (χ2v) is 7.43. The van der Waals surface area contributed by atoms with Crippen LogP contribution in [0.25, 0.3) is 0 Å². The lowest BCUT2D eigenvalue weighted by Gasteiger charge is -2.29. The van der Waals surface area contributed by atoms with Gasteiger partial charge in [0.15, 0.2) is 0 Å². The van der Waals surface area contributed by atoms with Gasteiger partial charge in [-0.25, -0.2) is 10.2 Å². The van der Waals surface area contributed by atoms with Gasteiger partial charge in [-0.05, 0) is 48.9 Å². The van der Waals surface area contributed by atoms with Crippen molar-refractivity contribution in [2.75, 3.05) is 10.6 Å². The number of hydrogen-bond donors (Lipinski definition) is 3. The number of benzene rings is 3. The largest absolute Gasteiger partial charge is 0.377 e. The summed E-state index contributed by atoms with van der Waals surface area (Å²) in [6.45, 7) is 2.04. The Labute approximate surface area is 174 Å². The highest BCUT2D eigenvalue weighted by molar-refractivity contribution is 6.30. The zero-order valence-corrected chi connectivity index (χ0v) is 16.7. The number of nitrogens with one attached hydrogen (secondary N) is 3. The standard InChI is InChI=1S/C23H21ClN4O/c1-15-7-12-20-19(13-15)22(14-21(26-20)16-5-3-2-4-6-16)27-28-23(29)25-18-10-8-17(24)9-11-18/h2-13,21,26H,14H2,1H3,(H2,25,28,29). The molecule has 1 heterocycles. The molecule has 0 saturated heterocycles. The first-order valence-corrected chi connectivity index (χ1v) is 9.78. The molecular weight excluding hydrogens is 384 g/mol. The van der Waals surface area contributed by atoms with Crippen LogP contribution in [-0.4, -0.2) is 11.7 Å². The fourth-order valence-electron chi connectivity index (χ4n) is 3.37. The summed E-state index contributed by atoms with van der Waals surface area (Å²) in [5, 5.41) is 11.4. The molecule has 29 heavy (non-hydrogen) atoms. The molecule has 1 aliphatic rings. The summed E-state index contributed by atoms with van der Waals surface area (Å²) in [5.74, 6) is 0. The molecule has 0 saturated carbocycles. The molecule has 0 aromatic heterocycles. The summed E-state index contributed by atoms with van der Waals surface area (Å²) in [6.07, 6.45) is 0.668. The number of fused-ring (bicyclic) bond motifs is 1. The minimum Gasteiger partial charge on any atom is -0.377 e. The minimum absolute atomic E-state index is 0.0892. The van der Waals surface area contributed by atoms with Crippen molar-refractivity contribution in [2.24, 2.45) is 5.10 Å². The van der Waals surface area contributed by atoms with Crippen molar-refractivity contribution < 1.29 is 4.79 Å². The number of amides is 2. The number of hydrogen-bond acceptors (Lipinski definition) is 3. The van der Waals surface area contributed by atoms with E-state index in [9.17, 15) is 4.79 Å². The monoisotopic (exact) mass is 404 g/mol. The topological polar surface area (TPSA) is 65.5 Å². The molecule has 1 unspecified atom stereocenters. The smallest absolute Gasteiger partial charge is 0.339 e.